The molecule has 1 saturated heterocycles. The van der Waals surface area contributed by atoms with E-state index in [2.05, 4.69) is 45.2 Å². The molecule has 1 saturated carbocycles. The molecule has 4 amide bonds. The number of benzene rings is 1. The van der Waals surface area contributed by atoms with E-state index >= 15 is 0 Å². The molecule has 8 nitrogen and oxygen atoms in total. The summed E-state index contributed by atoms with van der Waals surface area (Å²) >= 11 is 14.4. The lowest BCUT2D eigenvalue weighted by molar-refractivity contribution is -0.144. The number of rotatable bonds is 16. The third kappa shape index (κ3) is 14.0. The van der Waals surface area contributed by atoms with Gasteiger partial charge in [-0.2, -0.15) is 11.8 Å². The van der Waals surface area contributed by atoms with Gasteiger partial charge in [-0.1, -0.05) is 56.1 Å². The summed E-state index contributed by atoms with van der Waals surface area (Å²) in [5.74, 6) is 2.78. The summed E-state index contributed by atoms with van der Waals surface area (Å²) in [6.45, 7) is 9.02. The zero-order chi connectivity index (χ0) is 33.5. The van der Waals surface area contributed by atoms with Crippen molar-refractivity contribution in [3.63, 3.8) is 0 Å². The van der Waals surface area contributed by atoms with Crippen LogP contribution in [0.2, 0.25) is 10.0 Å². The van der Waals surface area contributed by atoms with Crippen molar-refractivity contribution >= 4 is 59.1 Å². The van der Waals surface area contributed by atoms with E-state index in [4.69, 9.17) is 23.2 Å². The maximum atomic E-state index is 13.9. The van der Waals surface area contributed by atoms with Crippen LogP contribution in [0.3, 0.4) is 0 Å². The maximum Gasteiger partial charge on any atom is 0.245 e. The number of amides is 4. The van der Waals surface area contributed by atoms with Crippen LogP contribution in [0.25, 0.3) is 0 Å². The quantitative estimate of drug-likeness (QED) is 0.130. The first-order valence-corrected chi connectivity index (χ1v) is 17.9. The Balaban J connectivity index is 0.00000166. The predicted octanol–water partition coefficient (Wildman–Crippen LogP) is 6.09. The minimum atomic E-state index is -0.779. The van der Waals surface area contributed by atoms with Gasteiger partial charge < -0.3 is 20.0 Å². The van der Waals surface area contributed by atoms with E-state index in [0.29, 0.717) is 40.9 Å². The summed E-state index contributed by atoms with van der Waals surface area (Å²) < 4.78 is 0. The Morgan fingerprint density at radius 2 is 1.73 bits per heavy atom. The first-order valence-electron chi connectivity index (χ1n) is 16.0. The van der Waals surface area contributed by atoms with Gasteiger partial charge in [0.25, 0.3) is 0 Å². The van der Waals surface area contributed by atoms with Crippen molar-refractivity contribution in [2.24, 2.45) is 11.8 Å². The summed E-state index contributed by atoms with van der Waals surface area (Å²) in [5, 5.41) is 3.37. The monoisotopic (exact) mass is 682 g/mol. The van der Waals surface area contributed by atoms with Crippen LogP contribution in [0.4, 0.5) is 0 Å². The van der Waals surface area contributed by atoms with Gasteiger partial charge in [0.15, 0.2) is 0 Å². The zero-order valence-electron chi connectivity index (χ0n) is 27.8. The number of hydrogen-bond acceptors (Lipinski definition) is 5. The highest BCUT2D eigenvalue weighted by Gasteiger charge is 2.36. The second kappa shape index (κ2) is 20.1. The third-order valence-corrected chi connectivity index (χ3v) is 9.60. The van der Waals surface area contributed by atoms with Crippen LogP contribution in [0.15, 0.2) is 30.4 Å². The average molecular weight is 684 g/mol. The van der Waals surface area contributed by atoms with E-state index in [9.17, 15) is 19.2 Å². The summed E-state index contributed by atoms with van der Waals surface area (Å²) in [6.07, 6.45) is 10.6. The van der Waals surface area contributed by atoms with Crippen molar-refractivity contribution in [3.05, 3.63) is 46.0 Å². The second-order valence-electron chi connectivity index (χ2n) is 12.8. The SMILES string of the molecule is CC(C)C.CC(C/C=C/CSCC1CCCN1C(=O)[C@H](Cc1cc(Cl)ccc1Cl)N(C)C(=O)CNC=O)N(C)C(=O)CC1CC1. The Bertz CT molecular complexity index is 1140. The Kier molecular flexibility index (Phi) is 17.4. The Morgan fingerprint density at radius 3 is 2.38 bits per heavy atom. The first kappa shape index (κ1) is 39.0. The Morgan fingerprint density at radius 1 is 1.04 bits per heavy atom. The van der Waals surface area contributed by atoms with Crippen molar-refractivity contribution in [1.82, 2.24) is 20.0 Å². The van der Waals surface area contributed by atoms with Crippen molar-refractivity contribution in [3.8, 4) is 0 Å². The maximum absolute atomic E-state index is 13.9. The number of halogens is 2. The molecule has 11 heteroatoms. The molecule has 2 aliphatic rings. The molecule has 252 valence electrons. The number of thioether (sulfide) groups is 1. The van der Waals surface area contributed by atoms with Crippen molar-refractivity contribution < 1.29 is 19.2 Å². The van der Waals surface area contributed by atoms with Crippen LogP contribution in [0, 0.1) is 11.8 Å². The minimum absolute atomic E-state index is 0.0694. The molecule has 0 aromatic heterocycles. The van der Waals surface area contributed by atoms with Crippen LogP contribution in [0.5, 0.6) is 0 Å². The number of nitrogens with one attached hydrogen (secondary N) is 1. The summed E-state index contributed by atoms with van der Waals surface area (Å²) in [6, 6.07) is 4.54. The van der Waals surface area contributed by atoms with Gasteiger partial charge in [0.05, 0.1) is 6.54 Å². The van der Waals surface area contributed by atoms with Gasteiger partial charge in [-0.05, 0) is 74.6 Å². The van der Waals surface area contributed by atoms with Gasteiger partial charge in [-0.25, -0.2) is 0 Å². The molecule has 1 aliphatic heterocycles. The molecule has 2 unspecified atom stereocenters. The number of carbonyl (C=O) groups excluding carboxylic acids is 4. The van der Waals surface area contributed by atoms with E-state index in [1.165, 1.54) is 17.7 Å². The molecule has 1 aromatic carbocycles. The molecule has 0 bridgehead atoms. The Hall–Kier alpha value is -2.23. The molecular weight excluding hydrogens is 631 g/mol. The number of nitrogens with zero attached hydrogens (tertiary/aromatic N) is 3. The van der Waals surface area contributed by atoms with E-state index in [0.717, 1.165) is 36.7 Å². The molecule has 0 spiro atoms. The second-order valence-corrected chi connectivity index (χ2v) is 14.7. The molecule has 1 N–H and O–H groups in total. The molecular formula is C34H52Cl2N4O4S. The first-order chi connectivity index (χ1) is 21.3. The van der Waals surface area contributed by atoms with Gasteiger partial charge >= 0.3 is 0 Å². The lowest BCUT2D eigenvalue weighted by atomic mass is 10.0. The van der Waals surface area contributed by atoms with Gasteiger partial charge in [0.2, 0.25) is 24.1 Å². The fourth-order valence-corrected chi connectivity index (χ4v) is 6.38. The van der Waals surface area contributed by atoms with Crippen LogP contribution in [-0.2, 0) is 25.6 Å². The smallest absolute Gasteiger partial charge is 0.245 e. The zero-order valence-corrected chi connectivity index (χ0v) is 30.1. The van der Waals surface area contributed by atoms with E-state index in [1.807, 2.05) is 16.8 Å². The molecule has 0 radical (unpaired) electrons. The fraction of sp³-hybridized carbons (Fsp3) is 0.647. The summed E-state index contributed by atoms with van der Waals surface area (Å²) in [4.78, 5) is 54.9. The van der Waals surface area contributed by atoms with Crippen LogP contribution in [-0.4, -0.2) is 95.6 Å². The lowest BCUT2D eigenvalue weighted by Crippen LogP contribution is -2.53. The van der Waals surface area contributed by atoms with Crippen molar-refractivity contribution in [2.45, 2.75) is 90.8 Å². The number of carbonyl (C=O) groups is 4. The minimum Gasteiger partial charge on any atom is -0.350 e. The number of hydrogen-bond donors (Lipinski definition) is 1. The average Bonchev–Trinajstić information content (AvgIpc) is 3.69. The van der Waals surface area contributed by atoms with Gasteiger partial charge in [-0.15, -0.1) is 0 Å². The molecule has 1 aromatic rings. The summed E-state index contributed by atoms with van der Waals surface area (Å²) in [5.41, 5.74) is 0.685. The standard InChI is InChI=1S/C30H42Cl2N4O4S.C4H10/c1-21(34(2)28(38)15-22-9-10-22)7-4-5-14-41-19-25-8-6-13-36(25)30(40)27(35(3)29(39)18-33-20-37)17-23-16-24(31)11-12-26(23)32;1-4(2)3/h4-5,11-12,16,20-22,25,27H,6-10,13-15,17-19H2,1-3H3,(H,33,37);4H,1-3H3/b5-4+;/t21?,25?,27-;/m0./s1. The molecule has 2 fully saturated rings. The van der Waals surface area contributed by atoms with Crippen molar-refractivity contribution in [2.75, 3.05) is 38.7 Å². The highest BCUT2D eigenvalue weighted by atomic mass is 35.5. The number of likely N-dealkylation sites (N-methyl/N-ethyl adjacent to an activating group) is 1. The van der Waals surface area contributed by atoms with Crippen LogP contribution < -0.4 is 5.32 Å². The highest BCUT2D eigenvalue weighted by molar-refractivity contribution is 7.99. The number of likely N-dealkylation sites (tertiary alicyclic amines) is 1. The van der Waals surface area contributed by atoms with E-state index in [1.54, 1.807) is 37.0 Å². The summed E-state index contributed by atoms with van der Waals surface area (Å²) in [7, 11) is 3.47. The molecule has 1 heterocycles. The van der Waals surface area contributed by atoms with Gasteiger partial charge in [0.1, 0.15) is 6.04 Å². The third-order valence-electron chi connectivity index (χ3n) is 7.95. The molecule has 3 rings (SSSR count). The van der Waals surface area contributed by atoms with Gasteiger partial charge in [-0.3, -0.25) is 19.2 Å². The van der Waals surface area contributed by atoms with Crippen LogP contribution >= 0.6 is 35.0 Å². The fourth-order valence-electron chi connectivity index (χ4n) is 4.97. The Labute approximate surface area is 284 Å². The van der Waals surface area contributed by atoms with E-state index in [-0.39, 0.29) is 42.8 Å². The van der Waals surface area contributed by atoms with E-state index < -0.39 is 6.04 Å². The molecule has 3 atom stereocenters. The lowest BCUT2D eigenvalue weighted by Gasteiger charge is -2.34. The molecule has 1 aliphatic carbocycles. The van der Waals surface area contributed by atoms with Gasteiger partial charge in [0, 0.05) is 67.1 Å². The van der Waals surface area contributed by atoms with Crippen LogP contribution in [0.1, 0.15) is 71.8 Å². The molecule has 45 heavy (non-hydrogen) atoms. The predicted molar refractivity (Wildman–Crippen MR) is 187 cm³/mol. The highest BCUT2D eigenvalue weighted by Crippen LogP contribution is 2.33. The normalized spacial score (nSPS) is 17.4. The van der Waals surface area contributed by atoms with Crippen molar-refractivity contribution in [1.29, 1.82) is 0 Å². The largest absolute Gasteiger partial charge is 0.350 e. The topological polar surface area (TPSA) is 90.0 Å².